The number of hydrogen-bond acceptors (Lipinski definition) is 3. The van der Waals surface area contributed by atoms with Gasteiger partial charge in [-0.3, -0.25) is 4.72 Å². The lowest BCUT2D eigenvalue weighted by Crippen LogP contribution is -2.38. The van der Waals surface area contributed by atoms with Crippen LogP contribution < -0.4 is 10.0 Å². The molecule has 0 spiro atoms. The van der Waals surface area contributed by atoms with E-state index in [1.807, 2.05) is 4.72 Å². The lowest BCUT2D eigenvalue weighted by molar-refractivity contribution is 0.498. The van der Waals surface area contributed by atoms with Gasteiger partial charge in [-0.15, -0.1) is 0 Å². The lowest BCUT2D eigenvalue weighted by Gasteiger charge is -2.23. The van der Waals surface area contributed by atoms with E-state index in [0.717, 1.165) is 12.1 Å². The molecule has 1 aliphatic heterocycles. The van der Waals surface area contributed by atoms with Gasteiger partial charge in [0.25, 0.3) is 0 Å². The molecule has 0 aromatic heterocycles. The molecule has 2 rings (SSSR count). The zero-order chi connectivity index (χ0) is 13.2. The van der Waals surface area contributed by atoms with E-state index in [-0.39, 0.29) is 0 Å². The number of piperidine rings is 1. The first-order chi connectivity index (χ1) is 8.50. The maximum absolute atomic E-state index is 13.4. The Bertz CT molecular complexity index is 508. The van der Waals surface area contributed by atoms with Crippen LogP contribution in [0.25, 0.3) is 0 Å². The summed E-state index contributed by atoms with van der Waals surface area (Å²) < 4.78 is 52.7. The number of hydrogen-bond donors (Lipinski definition) is 2. The summed E-state index contributed by atoms with van der Waals surface area (Å²) in [6.45, 7) is 1.18. The summed E-state index contributed by atoms with van der Waals surface area (Å²) in [5, 5.41) is 2.42. The molecule has 0 amide bonds. The first-order valence-electron chi connectivity index (χ1n) is 5.67. The average molecular weight is 276 g/mol. The number of sulfonamides is 1. The van der Waals surface area contributed by atoms with E-state index in [2.05, 4.69) is 5.32 Å². The van der Waals surface area contributed by atoms with Crippen LogP contribution in [0.3, 0.4) is 0 Å². The molecule has 18 heavy (non-hydrogen) atoms. The van der Waals surface area contributed by atoms with Gasteiger partial charge in [-0.1, -0.05) is 6.07 Å². The molecule has 0 aliphatic carbocycles. The van der Waals surface area contributed by atoms with Crippen LogP contribution in [0.2, 0.25) is 0 Å². The van der Waals surface area contributed by atoms with Crippen molar-refractivity contribution >= 4 is 15.7 Å². The van der Waals surface area contributed by atoms with Crippen LogP contribution in [-0.2, 0) is 10.0 Å². The Labute approximate surface area is 104 Å². The second-order valence-corrected chi connectivity index (χ2v) is 6.15. The highest BCUT2D eigenvalue weighted by Crippen LogP contribution is 2.22. The van der Waals surface area contributed by atoms with Crippen LogP contribution >= 0.6 is 0 Å². The molecule has 0 unspecified atom stereocenters. The van der Waals surface area contributed by atoms with Crippen molar-refractivity contribution in [3.8, 4) is 0 Å². The quantitative estimate of drug-likeness (QED) is 0.878. The predicted molar refractivity (Wildman–Crippen MR) is 64.8 cm³/mol. The fourth-order valence-electron chi connectivity index (χ4n) is 1.93. The first kappa shape index (κ1) is 13.2. The van der Waals surface area contributed by atoms with Crippen molar-refractivity contribution in [1.82, 2.24) is 5.32 Å². The summed E-state index contributed by atoms with van der Waals surface area (Å²) in [6.07, 6.45) is 0.872. The molecule has 1 aromatic carbocycles. The van der Waals surface area contributed by atoms with Crippen LogP contribution in [0.1, 0.15) is 12.8 Å². The maximum Gasteiger partial charge on any atom is 0.235 e. The highest BCUT2D eigenvalue weighted by Gasteiger charge is 2.28. The van der Waals surface area contributed by atoms with Crippen molar-refractivity contribution in [3.63, 3.8) is 0 Å². The van der Waals surface area contributed by atoms with Gasteiger partial charge in [0, 0.05) is 0 Å². The van der Waals surface area contributed by atoms with E-state index in [1.54, 1.807) is 0 Å². The van der Waals surface area contributed by atoms with Crippen LogP contribution in [0.15, 0.2) is 18.2 Å². The van der Waals surface area contributed by atoms with Gasteiger partial charge in [0.1, 0.15) is 17.3 Å². The van der Waals surface area contributed by atoms with Gasteiger partial charge in [-0.25, -0.2) is 17.2 Å². The molecule has 1 saturated heterocycles. The molecule has 0 bridgehead atoms. The van der Waals surface area contributed by atoms with Gasteiger partial charge in [0.15, 0.2) is 0 Å². The molecule has 4 nitrogen and oxygen atoms in total. The van der Waals surface area contributed by atoms with E-state index in [0.29, 0.717) is 25.9 Å². The van der Waals surface area contributed by atoms with Crippen molar-refractivity contribution in [2.75, 3.05) is 17.8 Å². The molecule has 1 aliphatic rings. The molecule has 1 fully saturated rings. The van der Waals surface area contributed by atoms with E-state index < -0.39 is 32.6 Å². The average Bonchev–Trinajstić information content (AvgIpc) is 2.35. The second-order valence-electron chi connectivity index (χ2n) is 4.19. The standard InChI is InChI=1S/C11H14F2N2O2S/c12-9-2-1-3-10(13)11(9)15-18(16,17)8-4-6-14-7-5-8/h1-3,8,14-15H,4-7H2. The van der Waals surface area contributed by atoms with Crippen molar-refractivity contribution < 1.29 is 17.2 Å². The topological polar surface area (TPSA) is 58.2 Å². The number of rotatable bonds is 3. The van der Waals surface area contributed by atoms with Crippen LogP contribution in [0.4, 0.5) is 14.5 Å². The Morgan fingerprint density at radius 2 is 1.72 bits per heavy atom. The number of anilines is 1. The van der Waals surface area contributed by atoms with Crippen molar-refractivity contribution in [2.24, 2.45) is 0 Å². The monoisotopic (exact) mass is 276 g/mol. The summed E-state index contributed by atoms with van der Waals surface area (Å²) in [7, 11) is -3.75. The zero-order valence-electron chi connectivity index (χ0n) is 9.62. The van der Waals surface area contributed by atoms with Gasteiger partial charge in [0.2, 0.25) is 10.0 Å². The Kier molecular flexibility index (Phi) is 3.82. The number of nitrogens with one attached hydrogen (secondary N) is 2. The molecule has 7 heteroatoms. The molecule has 0 atom stereocenters. The number of para-hydroxylation sites is 1. The summed E-state index contributed by atoms with van der Waals surface area (Å²) in [5.74, 6) is -1.82. The fraction of sp³-hybridized carbons (Fsp3) is 0.455. The molecule has 0 saturated carbocycles. The summed E-state index contributed by atoms with van der Waals surface area (Å²) in [4.78, 5) is 0. The Morgan fingerprint density at radius 1 is 1.17 bits per heavy atom. The summed E-state index contributed by atoms with van der Waals surface area (Å²) in [6, 6.07) is 3.22. The third kappa shape index (κ3) is 2.78. The Hall–Kier alpha value is -1.21. The van der Waals surface area contributed by atoms with E-state index in [9.17, 15) is 17.2 Å². The minimum Gasteiger partial charge on any atom is -0.317 e. The molecule has 0 radical (unpaired) electrons. The van der Waals surface area contributed by atoms with Gasteiger partial charge >= 0.3 is 0 Å². The third-order valence-corrected chi connectivity index (χ3v) is 4.77. The second kappa shape index (κ2) is 5.19. The summed E-state index contributed by atoms with van der Waals surface area (Å²) in [5.41, 5.74) is -0.601. The highest BCUT2D eigenvalue weighted by atomic mass is 32.2. The van der Waals surface area contributed by atoms with E-state index in [1.165, 1.54) is 6.07 Å². The van der Waals surface area contributed by atoms with Gasteiger partial charge < -0.3 is 5.32 Å². The van der Waals surface area contributed by atoms with Crippen LogP contribution in [-0.4, -0.2) is 26.8 Å². The van der Waals surface area contributed by atoms with Crippen LogP contribution in [0.5, 0.6) is 0 Å². The molecule has 1 heterocycles. The molecule has 2 N–H and O–H groups in total. The van der Waals surface area contributed by atoms with Crippen LogP contribution in [0, 0.1) is 11.6 Å². The van der Waals surface area contributed by atoms with Crippen molar-refractivity contribution in [3.05, 3.63) is 29.8 Å². The Balaban J connectivity index is 2.22. The SMILES string of the molecule is O=S(=O)(Nc1c(F)cccc1F)C1CCNCC1. The maximum atomic E-state index is 13.4. The first-order valence-corrected chi connectivity index (χ1v) is 7.22. The molecule has 100 valence electrons. The minimum atomic E-state index is -3.75. The number of benzene rings is 1. The smallest absolute Gasteiger partial charge is 0.235 e. The molecule has 1 aromatic rings. The molecular formula is C11H14F2N2O2S. The van der Waals surface area contributed by atoms with Crippen molar-refractivity contribution in [1.29, 1.82) is 0 Å². The number of halogens is 2. The predicted octanol–water partition coefficient (Wildman–Crippen LogP) is 1.46. The normalized spacial score (nSPS) is 17.7. The lowest BCUT2D eigenvalue weighted by atomic mass is 10.2. The van der Waals surface area contributed by atoms with E-state index in [4.69, 9.17) is 0 Å². The molecular weight excluding hydrogens is 262 g/mol. The Morgan fingerprint density at radius 3 is 2.28 bits per heavy atom. The third-order valence-electron chi connectivity index (χ3n) is 2.93. The minimum absolute atomic E-state index is 0.436. The summed E-state index contributed by atoms with van der Waals surface area (Å²) >= 11 is 0. The van der Waals surface area contributed by atoms with Gasteiger partial charge in [-0.2, -0.15) is 0 Å². The van der Waals surface area contributed by atoms with Gasteiger partial charge in [-0.05, 0) is 38.1 Å². The fourth-order valence-corrected chi connectivity index (χ4v) is 3.43. The highest BCUT2D eigenvalue weighted by molar-refractivity contribution is 7.93. The van der Waals surface area contributed by atoms with E-state index >= 15 is 0 Å². The largest absolute Gasteiger partial charge is 0.317 e. The van der Waals surface area contributed by atoms with Gasteiger partial charge in [0.05, 0.1) is 5.25 Å². The van der Waals surface area contributed by atoms with Crippen molar-refractivity contribution in [2.45, 2.75) is 18.1 Å². The zero-order valence-corrected chi connectivity index (χ0v) is 10.4.